The van der Waals surface area contributed by atoms with Crippen molar-refractivity contribution >= 4 is 28.6 Å². The first-order valence-electron chi connectivity index (χ1n) is 9.55. The number of hydrogen-bond donors (Lipinski definition) is 1. The summed E-state index contributed by atoms with van der Waals surface area (Å²) in [7, 11) is 0. The summed E-state index contributed by atoms with van der Waals surface area (Å²) in [6.07, 6.45) is -0.728. The SMILES string of the molecule is Cc1ccc(Cl)c2c(=O)n(-c3cc(F)cc(F)c3)c([C@H](C)NC(=O)OC(C)(C)C)nc12. The Labute approximate surface area is 182 Å². The Balaban J connectivity index is 2.27. The third-order valence-corrected chi connectivity index (χ3v) is 4.74. The van der Waals surface area contributed by atoms with E-state index < -0.39 is 34.9 Å². The molecule has 0 aliphatic heterocycles. The van der Waals surface area contributed by atoms with Gasteiger partial charge in [0.25, 0.3) is 5.56 Å². The topological polar surface area (TPSA) is 73.2 Å². The molecule has 0 aliphatic rings. The lowest BCUT2D eigenvalue weighted by molar-refractivity contribution is 0.0505. The average molecular weight is 450 g/mol. The standard InChI is InChI=1S/C22H22ClF2N3O3/c1-11-6-7-16(23)17-18(11)27-19(12(2)26-21(30)31-22(3,4)5)28(20(17)29)15-9-13(24)8-14(25)10-15/h6-10,12H,1-5H3,(H,26,30)/t12-/m0/s1. The summed E-state index contributed by atoms with van der Waals surface area (Å²) in [5.74, 6) is -1.66. The maximum absolute atomic E-state index is 13.9. The zero-order valence-electron chi connectivity index (χ0n) is 17.7. The predicted octanol–water partition coefficient (Wildman–Crippen LogP) is 5.21. The Hall–Kier alpha value is -3.00. The third kappa shape index (κ3) is 4.85. The molecule has 164 valence electrons. The summed E-state index contributed by atoms with van der Waals surface area (Å²) in [6.45, 7) is 8.48. The van der Waals surface area contributed by atoms with E-state index in [2.05, 4.69) is 10.3 Å². The minimum absolute atomic E-state index is 0.0683. The zero-order valence-corrected chi connectivity index (χ0v) is 18.5. The number of aromatic nitrogens is 2. The first-order valence-corrected chi connectivity index (χ1v) is 9.93. The normalized spacial score (nSPS) is 12.6. The van der Waals surface area contributed by atoms with E-state index in [0.717, 1.165) is 16.7 Å². The zero-order chi connectivity index (χ0) is 23.1. The minimum Gasteiger partial charge on any atom is -0.444 e. The van der Waals surface area contributed by atoms with E-state index in [4.69, 9.17) is 16.3 Å². The lowest BCUT2D eigenvalue weighted by Gasteiger charge is -2.23. The van der Waals surface area contributed by atoms with Crippen LogP contribution < -0.4 is 10.9 Å². The number of ether oxygens (including phenoxy) is 1. The molecule has 1 aromatic heterocycles. The number of benzene rings is 2. The minimum atomic E-state index is -0.865. The molecule has 6 nitrogen and oxygen atoms in total. The molecule has 0 aliphatic carbocycles. The molecule has 1 N–H and O–H groups in total. The van der Waals surface area contributed by atoms with Gasteiger partial charge in [0.1, 0.15) is 23.1 Å². The van der Waals surface area contributed by atoms with Crippen LogP contribution in [0.2, 0.25) is 5.02 Å². The molecule has 0 bridgehead atoms. The highest BCUT2D eigenvalue weighted by molar-refractivity contribution is 6.35. The van der Waals surface area contributed by atoms with Crippen molar-refractivity contribution < 1.29 is 18.3 Å². The van der Waals surface area contributed by atoms with Crippen LogP contribution in [0.5, 0.6) is 0 Å². The van der Waals surface area contributed by atoms with Gasteiger partial charge in [-0.3, -0.25) is 9.36 Å². The van der Waals surface area contributed by atoms with Crippen LogP contribution in [0.4, 0.5) is 13.6 Å². The van der Waals surface area contributed by atoms with Gasteiger partial charge >= 0.3 is 6.09 Å². The number of halogens is 3. The monoisotopic (exact) mass is 449 g/mol. The quantitative estimate of drug-likeness (QED) is 0.595. The number of amides is 1. The van der Waals surface area contributed by atoms with Gasteiger partial charge in [-0.05, 0) is 58.4 Å². The maximum Gasteiger partial charge on any atom is 0.408 e. The first-order chi connectivity index (χ1) is 14.4. The van der Waals surface area contributed by atoms with Crippen molar-refractivity contribution in [3.63, 3.8) is 0 Å². The van der Waals surface area contributed by atoms with Crippen molar-refractivity contribution in [3.8, 4) is 5.69 Å². The lowest BCUT2D eigenvalue weighted by atomic mass is 10.1. The van der Waals surface area contributed by atoms with Crippen LogP contribution in [-0.4, -0.2) is 21.2 Å². The number of rotatable bonds is 3. The van der Waals surface area contributed by atoms with Crippen molar-refractivity contribution in [2.75, 3.05) is 0 Å². The molecule has 3 rings (SSSR count). The second-order valence-electron chi connectivity index (χ2n) is 8.19. The summed E-state index contributed by atoms with van der Waals surface area (Å²) >= 11 is 6.25. The van der Waals surface area contributed by atoms with Crippen molar-refractivity contribution in [2.45, 2.75) is 46.3 Å². The molecule has 0 fully saturated rings. The molecular formula is C22H22ClF2N3O3. The van der Waals surface area contributed by atoms with Crippen LogP contribution in [0, 0.1) is 18.6 Å². The molecule has 9 heteroatoms. The second kappa shape index (κ2) is 8.26. The van der Waals surface area contributed by atoms with Gasteiger partial charge in [-0.1, -0.05) is 17.7 Å². The van der Waals surface area contributed by atoms with Crippen LogP contribution in [-0.2, 0) is 4.74 Å². The van der Waals surface area contributed by atoms with E-state index in [9.17, 15) is 18.4 Å². The van der Waals surface area contributed by atoms with Crippen LogP contribution in [0.25, 0.3) is 16.6 Å². The summed E-state index contributed by atoms with van der Waals surface area (Å²) in [5, 5.41) is 2.88. The second-order valence-corrected chi connectivity index (χ2v) is 8.60. The molecule has 31 heavy (non-hydrogen) atoms. The van der Waals surface area contributed by atoms with Gasteiger partial charge < -0.3 is 10.1 Å². The van der Waals surface area contributed by atoms with E-state index in [1.807, 2.05) is 0 Å². The Morgan fingerprint density at radius 2 is 1.81 bits per heavy atom. The number of nitrogens with zero attached hydrogens (tertiary/aromatic N) is 2. The summed E-state index contributed by atoms with van der Waals surface area (Å²) in [6, 6.07) is 5.13. The number of aryl methyl sites for hydroxylation is 1. The highest BCUT2D eigenvalue weighted by Gasteiger charge is 2.24. The molecule has 3 aromatic rings. The van der Waals surface area contributed by atoms with Crippen molar-refractivity contribution in [3.05, 3.63) is 68.7 Å². The van der Waals surface area contributed by atoms with E-state index in [1.165, 1.54) is 0 Å². The number of hydrogen-bond acceptors (Lipinski definition) is 4. The maximum atomic E-state index is 13.9. The number of fused-ring (bicyclic) bond motifs is 1. The Morgan fingerprint density at radius 1 is 1.19 bits per heavy atom. The third-order valence-electron chi connectivity index (χ3n) is 4.43. The molecule has 1 atom stereocenters. The fraction of sp³-hybridized carbons (Fsp3) is 0.318. The Kier molecular flexibility index (Phi) is 6.04. The molecule has 0 spiro atoms. The van der Waals surface area contributed by atoms with Crippen molar-refractivity contribution in [1.82, 2.24) is 14.9 Å². The van der Waals surface area contributed by atoms with Gasteiger partial charge in [0.05, 0.1) is 27.7 Å². The van der Waals surface area contributed by atoms with Crippen LogP contribution in [0.1, 0.15) is 45.1 Å². The molecule has 1 amide bonds. The molecule has 0 saturated carbocycles. The molecule has 0 radical (unpaired) electrons. The van der Waals surface area contributed by atoms with Gasteiger partial charge in [-0.2, -0.15) is 0 Å². The van der Waals surface area contributed by atoms with E-state index >= 15 is 0 Å². The van der Waals surface area contributed by atoms with E-state index in [1.54, 1.807) is 46.8 Å². The highest BCUT2D eigenvalue weighted by atomic mass is 35.5. The summed E-state index contributed by atoms with van der Waals surface area (Å²) in [5.41, 5.74) is -0.423. The molecule has 2 aromatic carbocycles. The molecule has 0 unspecified atom stereocenters. The van der Waals surface area contributed by atoms with Gasteiger partial charge in [-0.25, -0.2) is 18.6 Å². The lowest BCUT2D eigenvalue weighted by Crippen LogP contribution is -2.37. The summed E-state index contributed by atoms with van der Waals surface area (Å²) < 4.78 is 34.2. The molecular weight excluding hydrogens is 428 g/mol. The Morgan fingerprint density at radius 3 is 2.39 bits per heavy atom. The highest BCUT2D eigenvalue weighted by Crippen LogP contribution is 2.26. The number of carbonyl (C=O) groups is 1. The van der Waals surface area contributed by atoms with Crippen LogP contribution in [0.15, 0.2) is 35.1 Å². The van der Waals surface area contributed by atoms with Crippen LogP contribution in [0.3, 0.4) is 0 Å². The first kappa shape index (κ1) is 22.7. The number of alkyl carbamates (subject to hydrolysis) is 1. The van der Waals surface area contributed by atoms with Gasteiger partial charge in [0, 0.05) is 6.07 Å². The molecule has 0 saturated heterocycles. The van der Waals surface area contributed by atoms with Gasteiger partial charge in [0.2, 0.25) is 0 Å². The summed E-state index contributed by atoms with van der Waals surface area (Å²) in [4.78, 5) is 30.2. The predicted molar refractivity (Wildman–Crippen MR) is 115 cm³/mol. The fourth-order valence-corrected chi connectivity index (χ4v) is 3.39. The van der Waals surface area contributed by atoms with Crippen molar-refractivity contribution in [2.24, 2.45) is 0 Å². The number of carbonyl (C=O) groups excluding carboxylic acids is 1. The molecule has 1 heterocycles. The van der Waals surface area contributed by atoms with Gasteiger partial charge in [0.15, 0.2) is 0 Å². The van der Waals surface area contributed by atoms with Crippen molar-refractivity contribution in [1.29, 1.82) is 0 Å². The average Bonchev–Trinajstić information content (AvgIpc) is 2.61. The van der Waals surface area contributed by atoms with E-state index in [0.29, 0.717) is 17.1 Å². The number of nitrogens with one attached hydrogen (secondary N) is 1. The smallest absolute Gasteiger partial charge is 0.408 e. The van der Waals surface area contributed by atoms with E-state index in [-0.39, 0.29) is 21.9 Å². The largest absolute Gasteiger partial charge is 0.444 e. The Bertz CT molecular complexity index is 1220. The fourth-order valence-electron chi connectivity index (χ4n) is 3.16. The van der Waals surface area contributed by atoms with Gasteiger partial charge in [-0.15, -0.1) is 0 Å². The van der Waals surface area contributed by atoms with Crippen LogP contribution >= 0.6 is 11.6 Å².